The number of hydrogen-bond acceptors (Lipinski definition) is 1. The highest BCUT2D eigenvalue weighted by Gasteiger charge is 2.03. The van der Waals surface area contributed by atoms with Gasteiger partial charge in [0.1, 0.15) is 5.82 Å². The van der Waals surface area contributed by atoms with Crippen molar-refractivity contribution < 1.29 is 9.18 Å². The van der Waals surface area contributed by atoms with Crippen LogP contribution in [0.25, 0.3) is 11.1 Å². The Morgan fingerprint density at radius 2 is 1.42 bits per heavy atom. The van der Waals surface area contributed by atoms with Gasteiger partial charge in [0.15, 0.2) is 0 Å². The predicted octanol–water partition coefficient (Wildman–Crippen LogP) is 5.84. The van der Waals surface area contributed by atoms with Gasteiger partial charge in [-0.05, 0) is 60.2 Å². The number of nitrogens with one attached hydrogen (secondary N) is 1. The number of benzene rings is 3. The number of aryl methyl sites for hydroxylation is 1. The summed E-state index contributed by atoms with van der Waals surface area (Å²) in [6, 6.07) is 24.7. The van der Waals surface area contributed by atoms with Crippen LogP contribution < -0.4 is 5.32 Å². The van der Waals surface area contributed by atoms with Gasteiger partial charge in [0.25, 0.3) is 0 Å². The smallest absolute Gasteiger partial charge is 0.224 e. The fraction of sp³-hybridized carbons (Fsp3) is 0.174. The fourth-order valence-corrected chi connectivity index (χ4v) is 2.87. The van der Waals surface area contributed by atoms with Gasteiger partial charge >= 0.3 is 0 Å². The first-order valence-electron chi connectivity index (χ1n) is 8.90. The van der Waals surface area contributed by atoms with Crippen LogP contribution in [-0.2, 0) is 11.2 Å². The van der Waals surface area contributed by atoms with E-state index in [1.54, 1.807) is 12.1 Å². The monoisotopic (exact) mass is 347 g/mol. The van der Waals surface area contributed by atoms with Crippen molar-refractivity contribution in [1.29, 1.82) is 0 Å². The molecule has 0 atom stereocenters. The molecule has 1 N–H and O–H groups in total. The van der Waals surface area contributed by atoms with E-state index in [1.165, 1.54) is 28.8 Å². The molecule has 1 amide bonds. The number of halogens is 1. The Morgan fingerprint density at radius 1 is 0.769 bits per heavy atom. The van der Waals surface area contributed by atoms with Crippen LogP contribution in [0.1, 0.15) is 24.8 Å². The molecule has 0 aliphatic rings. The Labute approximate surface area is 153 Å². The lowest BCUT2D eigenvalue weighted by Gasteiger charge is -2.06. The summed E-state index contributed by atoms with van der Waals surface area (Å²) in [6.45, 7) is 0. The molecular formula is C23H22FNO. The average molecular weight is 347 g/mol. The largest absolute Gasteiger partial charge is 0.326 e. The lowest BCUT2D eigenvalue weighted by molar-refractivity contribution is -0.116. The van der Waals surface area contributed by atoms with E-state index in [0.717, 1.165) is 19.3 Å². The van der Waals surface area contributed by atoms with Gasteiger partial charge in [-0.25, -0.2) is 4.39 Å². The number of hydrogen-bond donors (Lipinski definition) is 1. The van der Waals surface area contributed by atoms with Gasteiger partial charge in [-0.2, -0.15) is 0 Å². The summed E-state index contributed by atoms with van der Waals surface area (Å²) in [6.07, 6.45) is 3.22. The van der Waals surface area contributed by atoms with Crippen molar-refractivity contribution in [2.45, 2.75) is 25.7 Å². The fourth-order valence-electron chi connectivity index (χ4n) is 2.87. The summed E-state index contributed by atoms with van der Waals surface area (Å²) in [5, 5.41) is 2.79. The molecule has 0 saturated carbocycles. The third-order valence-electron chi connectivity index (χ3n) is 4.31. The molecule has 26 heavy (non-hydrogen) atoms. The molecule has 0 radical (unpaired) electrons. The Hall–Kier alpha value is -2.94. The van der Waals surface area contributed by atoms with Crippen molar-refractivity contribution >= 4 is 11.6 Å². The van der Waals surface area contributed by atoms with Crippen molar-refractivity contribution in [2.24, 2.45) is 0 Å². The van der Waals surface area contributed by atoms with Gasteiger partial charge in [0, 0.05) is 12.1 Å². The van der Waals surface area contributed by atoms with E-state index in [0.29, 0.717) is 12.1 Å². The molecule has 3 heteroatoms. The van der Waals surface area contributed by atoms with Gasteiger partial charge in [0.05, 0.1) is 0 Å². The maximum atomic E-state index is 12.8. The molecule has 0 bridgehead atoms. The zero-order valence-electron chi connectivity index (χ0n) is 14.6. The van der Waals surface area contributed by atoms with Crippen LogP contribution in [-0.4, -0.2) is 5.91 Å². The Balaban J connectivity index is 1.40. The second kappa shape index (κ2) is 8.95. The topological polar surface area (TPSA) is 29.1 Å². The molecule has 0 spiro atoms. The van der Waals surface area contributed by atoms with Gasteiger partial charge in [0.2, 0.25) is 5.91 Å². The number of carbonyl (C=O) groups excluding carboxylic acids is 1. The van der Waals surface area contributed by atoms with Gasteiger partial charge < -0.3 is 5.32 Å². The van der Waals surface area contributed by atoms with Crippen LogP contribution in [0.5, 0.6) is 0 Å². The highest BCUT2D eigenvalue weighted by atomic mass is 19.1. The standard InChI is InChI=1S/C23H22FNO/c24-21-14-16-22(17-15-21)25-23(26)9-5-4-6-18-10-12-20(13-11-18)19-7-2-1-3-8-19/h1-3,7-8,10-17H,4-6,9H2,(H,25,26). The summed E-state index contributed by atoms with van der Waals surface area (Å²) >= 11 is 0. The molecule has 3 aromatic carbocycles. The van der Waals surface area contributed by atoms with Crippen LogP contribution in [0.15, 0.2) is 78.9 Å². The molecular weight excluding hydrogens is 325 g/mol. The van der Waals surface area contributed by atoms with E-state index in [-0.39, 0.29) is 11.7 Å². The molecule has 2 nitrogen and oxygen atoms in total. The van der Waals surface area contributed by atoms with Crippen LogP contribution in [0, 0.1) is 5.82 Å². The van der Waals surface area contributed by atoms with Crippen molar-refractivity contribution in [2.75, 3.05) is 5.32 Å². The molecule has 3 rings (SSSR count). The van der Waals surface area contributed by atoms with E-state index in [1.807, 2.05) is 18.2 Å². The number of carbonyl (C=O) groups is 1. The zero-order chi connectivity index (χ0) is 18.2. The van der Waals surface area contributed by atoms with Gasteiger partial charge in [-0.1, -0.05) is 54.6 Å². The molecule has 0 heterocycles. The maximum absolute atomic E-state index is 12.8. The summed E-state index contributed by atoms with van der Waals surface area (Å²) in [5.74, 6) is -0.336. The van der Waals surface area contributed by atoms with E-state index >= 15 is 0 Å². The van der Waals surface area contributed by atoms with Crippen molar-refractivity contribution in [3.8, 4) is 11.1 Å². The minimum absolute atomic E-state index is 0.0315. The predicted molar refractivity (Wildman–Crippen MR) is 104 cm³/mol. The summed E-state index contributed by atoms with van der Waals surface area (Å²) < 4.78 is 12.8. The molecule has 0 fully saturated rings. The normalized spacial score (nSPS) is 10.5. The number of amides is 1. The lowest BCUT2D eigenvalue weighted by Crippen LogP contribution is -2.11. The highest BCUT2D eigenvalue weighted by Crippen LogP contribution is 2.20. The van der Waals surface area contributed by atoms with E-state index in [4.69, 9.17) is 0 Å². The van der Waals surface area contributed by atoms with Gasteiger partial charge in [-0.15, -0.1) is 0 Å². The third-order valence-corrected chi connectivity index (χ3v) is 4.31. The number of anilines is 1. The Morgan fingerprint density at radius 3 is 2.12 bits per heavy atom. The van der Waals surface area contributed by atoms with Crippen molar-refractivity contribution in [1.82, 2.24) is 0 Å². The quantitative estimate of drug-likeness (QED) is 0.534. The highest BCUT2D eigenvalue weighted by molar-refractivity contribution is 5.90. The van der Waals surface area contributed by atoms with Crippen LogP contribution in [0.2, 0.25) is 0 Å². The first-order chi connectivity index (χ1) is 12.7. The molecule has 0 unspecified atom stereocenters. The van der Waals surface area contributed by atoms with Crippen molar-refractivity contribution in [3.05, 3.63) is 90.2 Å². The summed E-state index contributed by atoms with van der Waals surface area (Å²) in [4.78, 5) is 11.9. The van der Waals surface area contributed by atoms with E-state index in [9.17, 15) is 9.18 Å². The maximum Gasteiger partial charge on any atom is 0.224 e. The van der Waals surface area contributed by atoms with E-state index in [2.05, 4.69) is 41.7 Å². The average Bonchev–Trinajstić information content (AvgIpc) is 2.68. The van der Waals surface area contributed by atoms with Crippen LogP contribution in [0.4, 0.5) is 10.1 Å². The molecule has 0 aromatic heterocycles. The van der Waals surface area contributed by atoms with E-state index < -0.39 is 0 Å². The minimum Gasteiger partial charge on any atom is -0.326 e. The van der Waals surface area contributed by atoms with Crippen molar-refractivity contribution in [3.63, 3.8) is 0 Å². The first-order valence-corrected chi connectivity index (χ1v) is 8.90. The number of unbranched alkanes of at least 4 members (excludes halogenated alkanes) is 1. The molecule has 3 aromatic rings. The molecule has 0 saturated heterocycles. The summed E-state index contributed by atoms with van der Waals surface area (Å²) in [5.41, 5.74) is 4.35. The molecule has 0 aliphatic heterocycles. The lowest BCUT2D eigenvalue weighted by atomic mass is 10.0. The van der Waals surface area contributed by atoms with Crippen LogP contribution in [0.3, 0.4) is 0 Å². The Kier molecular flexibility index (Phi) is 6.15. The first kappa shape index (κ1) is 17.9. The third kappa shape index (κ3) is 5.28. The SMILES string of the molecule is O=C(CCCCc1ccc(-c2ccccc2)cc1)Nc1ccc(F)cc1. The second-order valence-corrected chi connectivity index (χ2v) is 6.33. The summed E-state index contributed by atoms with van der Waals surface area (Å²) in [7, 11) is 0. The molecule has 0 aliphatic carbocycles. The number of rotatable bonds is 7. The second-order valence-electron chi connectivity index (χ2n) is 6.33. The zero-order valence-corrected chi connectivity index (χ0v) is 14.6. The molecule has 132 valence electrons. The Bertz CT molecular complexity index is 826. The van der Waals surface area contributed by atoms with Gasteiger partial charge in [-0.3, -0.25) is 4.79 Å². The van der Waals surface area contributed by atoms with Crippen LogP contribution >= 0.6 is 0 Å². The minimum atomic E-state index is -0.304.